The maximum atomic E-state index is 13.1. The standard InChI is InChI=1S/C29H28N2O5/c1-5-35-26-16-21(10-13-25(26)36-17-22-9-8-19(3)20(4)14-22)15-24-27(32)30-29(34)31(28(24)33)23-11-6-18(2)7-12-23/h6-16H,5,17H2,1-4H3,(H,30,32,34)/b24-15+. The second-order valence-electron chi connectivity index (χ2n) is 8.64. The Hall–Kier alpha value is -4.39. The Morgan fingerprint density at radius 2 is 1.58 bits per heavy atom. The van der Waals surface area contributed by atoms with E-state index in [4.69, 9.17) is 9.47 Å². The highest BCUT2D eigenvalue weighted by Gasteiger charge is 2.36. The highest BCUT2D eigenvalue weighted by Crippen LogP contribution is 2.31. The van der Waals surface area contributed by atoms with Crippen molar-refractivity contribution in [3.8, 4) is 11.5 Å². The normalized spacial score (nSPS) is 14.7. The van der Waals surface area contributed by atoms with E-state index in [1.165, 1.54) is 17.2 Å². The summed E-state index contributed by atoms with van der Waals surface area (Å²) in [5.74, 6) is -0.402. The first kappa shape index (κ1) is 24.7. The van der Waals surface area contributed by atoms with Gasteiger partial charge in [0.05, 0.1) is 12.3 Å². The van der Waals surface area contributed by atoms with Crippen molar-refractivity contribution in [1.29, 1.82) is 0 Å². The zero-order valence-corrected chi connectivity index (χ0v) is 20.8. The van der Waals surface area contributed by atoms with Gasteiger partial charge >= 0.3 is 6.03 Å². The summed E-state index contributed by atoms with van der Waals surface area (Å²) in [5, 5.41) is 2.24. The molecular formula is C29H28N2O5. The number of anilines is 1. The fourth-order valence-corrected chi connectivity index (χ4v) is 3.81. The molecule has 0 aliphatic carbocycles. The predicted octanol–water partition coefficient (Wildman–Crippen LogP) is 5.26. The van der Waals surface area contributed by atoms with Gasteiger partial charge in [0.15, 0.2) is 11.5 Å². The fraction of sp³-hybridized carbons (Fsp3) is 0.207. The van der Waals surface area contributed by atoms with Crippen LogP contribution in [-0.2, 0) is 16.2 Å². The quantitative estimate of drug-likeness (QED) is 0.365. The summed E-state index contributed by atoms with van der Waals surface area (Å²) < 4.78 is 11.8. The van der Waals surface area contributed by atoms with Gasteiger partial charge in [-0.3, -0.25) is 14.9 Å². The minimum absolute atomic E-state index is 0.151. The van der Waals surface area contributed by atoms with Crippen LogP contribution in [0.1, 0.15) is 34.7 Å². The van der Waals surface area contributed by atoms with E-state index in [0.29, 0.717) is 36.0 Å². The molecule has 0 aromatic heterocycles. The number of benzene rings is 3. The fourth-order valence-electron chi connectivity index (χ4n) is 3.81. The molecule has 184 valence electrons. The van der Waals surface area contributed by atoms with Crippen molar-refractivity contribution in [2.75, 3.05) is 11.5 Å². The van der Waals surface area contributed by atoms with E-state index in [-0.39, 0.29) is 5.57 Å². The van der Waals surface area contributed by atoms with E-state index in [2.05, 4.69) is 31.3 Å². The van der Waals surface area contributed by atoms with E-state index < -0.39 is 17.8 Å². The number of amides is 4. The van der Waals surface area contributed by atoms with E-state index in [9.17, 15) is 14.4 Å². The van der Waals surface area contributed by atoms with Gasteiger partial charge in [-0.25, -0.2) is 9.69 Å². The highest BCUT2D eigenvalue weighted by atomic mass is 16.5. The van der Waals surface area contributed by atoms with Gasteiger partial charge in [-0.2, -0.15) is 0 Å². The first-order chi connectivity index (χ1) is 17.3. The molecular weight excluding hydrogens is 456 g/mol. The molecule has 36 heavy (non-hydrogen) atoms. The van der Waals surface area contributed by atoms with Crippen LogP contribution in [0.15, 0.2) is 66.2 Å². The lowest BCUT2D eigenvalue weighted by Gasteiger charge is -2.26. The molecule has 1 aliphatic rings. The van der Waals surface area contributed by atoms with Crippen LogP contribution in [0.3, 0.4) is 0 Å². The lowest BCUT2D eigenvalue weighted by molar-refractivity contribution is -0.122. The Morgan fingerprint density at radius 3 is 2.28 bits per heavy atom. The number of hydrogen-bond donors (Lipinski definition) is 1. The second-order valence-corrected chi connectivity index (χ2v) is 8.64. The van der Waals surface area contributed by atoms with Gasteiger partial charge in [-0.05, 0) is 80.3 Å². The molecule has 7 heteroatoms. The Labute approximate surface area is 210 Å². The second kappa shape index (κ2) is 10.5. The first-order valence-electron chi connectivity index (χ1n) is 11.7. The Balaban J connectivity index is 1.60. The maximum absolute atomic E-state index is 13.1. The number of ether oxygens (including phenoxy) is 2. The SMILES string of the molecule is CCOc1cc(/C=C2\C(=O)NC(=O)N(c3ccc(C)cc3)C2=O)ccc1OCc1ccc(C)c(C)c1. The van der Waals surface area contributed by atoms with Gasteiger partial charge in [-0.15, -0.1) is 0 Å². The molecule has 1 heterocycles. The summed E-state index contributed by atoms with van der Waals surface area (Å²) in [5.41, 5.74) is 5.23. The smallest absolute Gasteiger partial charge is 0.335 e. The van der Waals surface area contributed by atoms with E-state index >= 15 is 0 Å². The summed E-state index contributed by atoms with van der Waals surface area (Å²) >= 11 is 0. The molecule has 1 fully saturated rings. The summed E-state index contributed by atoms with van der Waals surface area (Å²) in [7, 11) is 0. The topological polar surface area (TPSA) is 84.9 Å². The number of carbonyl (C=O) groups excluding carboxylic acids is 3. The van der Waals surface area contributed by atoms with Crippen LogP contribution in [0.4, 0.5) is 10.5 Å². The van der Waals surface area contributed by atoms with Crippen LogP contribution < -0.4 is 19.7 Å². The number of nitrogens with one attached hydrogen (secondary N) is 1. The number of nitrogens with zero attached hydrogens (tertiary/aromatic N) is 1. The van der Waals surface area contributed by atoms with Crippen molar-refractivity contribution in [2.24, 2.45) is 0 Å². The number of aryl methyl sites for hydroxylation is 3. The van der Waals surface area contributed by atoms with Crippen LogP contribution in [-0.4, -0.2) is 24.5 Å². The Morgan fingerprint density at radius 1 is 0.833 bits per heavy atom. The first-order valence-corrected chi connectivity index (χ1v) is 11.7. The van der Waals surface area contributed by atoms with Crippen molar-refractivity contribution < 1.29 is 23.9 Å². The summed E-state index contributed by atoms with van der Waals surface area (Å²) in [6.45, 7) is 8.67. The van der Waals surface area contributed by atoms with E-state index in [0.717, 1.165) is 16.0 Å². The van der Waals surface area contributed by atoms with E-state index in [1.807, 2.05) is 19.9 Å². The number of rotatable bonds is 7. The van der Waals surface area contributed by atoms with Crippen LogP contribution in [0.2, 0.25) is 0 Å². The molecule has 7 nitrogen and oxygen atoms in total. The zero-order chi connectivity index (χ0) is 25.8. The average Bonchev–Trinajstić information content (AvgIpc) is 2.84. The van der Waals surface area contributed by atoms with Gasteiger partial charge in [-0.1, -0.05) is 42.0 Å². The van der Waals surface area contributed by atoms with Gasteiger partial charge in [0, 0.05) is 0 Å². The van der Waals surface area contributed by atoms with E-state index in [1.54, 1.807) is 42.5 Å². The molecule has 0 radical (unpaired) electrons. The third-order valence-electron chi connectivity index (χ3n) is 5.94. The average molecular weight is 485 g/mol. The molecule has 1 aliphatic heterocycles. The van der Waals surface area contributed by atoms with Gasteiger partial charge in [0.25, 0.3) is 11.8 Å². The van der Waals surface area contributed by atoms with Crippen molar-refractivity contribution in [3.05, 3.63) is 94.1 Å². The molecule has 4 amide bonds. The molecule has 0 unspecified atom stereocenters. The molecule has 3 aromatic carbocycles. The number of hydrogen-bond acceptors (Lipinski definition) is 5. The van der Waals surface area contributed by atoms with Gasteiger partial charge in [0.2, 0.25) is 0 Å². The van der Waals surface area contributed by atoms with Crippen LogP contribution in [0.25, 0.3) is 6.08 Å². The van der Waals surface area contributed by atoms with Crippen LogP contribution in [0, 0.1) is 20.8 Å². The summed E-state index contributed by atoms with van der Waals surface area (Å²) in [6.07, 6.45) is 1.45. The van der Waals surface area contributed by atoms with Crippen LogP contribution >= 0.6 is 0 Å². The predicted molar refractivity (Wildman–Crippen MR) is 138 cm³/mol. The van der Waals surface area contributed by atoms with Gasteiger partial charge < -0.3 is 9.47 Å². The summed E-state index contributed by atoms with van der Waals surface area (Å²) in [4.78, 5) is 39.1. The minimum Gasteiger partial charge on any atom is -0.490 e. The monoisotopic (exact) mass is 484 g/mol. The van der Waals surface area contributed by atoms with Crippen molar-refractivity contribution in [2.45, 2.75) is 34.3 Å². The molecule has 0 spiro atoms. The molecule has 0 saturated carbocycles. The third kappa shape index (κ3) is 5.30. The third-order valence-corrected chi connectivity index (χ3v) is 5.94. The number of barbiturate groups is 1. The Kier molecular flexibility index (Phi) is 7.20. The number of carbonyl (C=O) groups is 3. The zero-order valence-electron chi connectivity index (χ0n) is 20.8. The van der Waals surface area contributed by atoms with Crippen molar-refractivity contribution in [3.63, 3.8) is 0 Å². The molecule has 1 N–H and O–H groups in total. The van der Waals surface area contributed by atoms with Crippen molar-refractivity contribution >= 4 is 29.6 Å². The lowest BCUT2D eigenvalue weighted by Crippen LogP contribution is -2.54. The molecule has 1 saturated heterocycles. The highest BCUT2D eigenvalue weighted by molar-refractivity contribution is 6.39. The number of urea groups is 1. The van der Waals surface area contributed by atoms with Gasteiger partial charge in [0.1, 0.15) is 12.2 Å². The molecule has 3 aromatic rings. The number of imide groups is 2. The summed E-state index contributed by atoms with van der Waals surface area (Å²) in [6, 6.07) is 17.5. The maximum Gasteiger partial charge on any atom is 0.335 e. The largest absolute Gasteiger partial charge is 0.490 e. The minimum atomic E-state index is -0.781. The molecule has 0 bridgehead atoms. The lowest BCUT2D eigenvalue weighted by atomic mass is 10.1. The Bertz CT molecular complexity index is 1360. The van der Waals surface area contributed by atoms with Crippen LogP contribution in [0.5, 0.6) is 11.5 Å². The van der Waals surface area contributed by atoms with Crippen molar-refractivity contribution in [1.82, 2.24) is 5.32 Å². The molecule has 0 atom stereocenters. The molecule has 4 rings (SSSR count).